The lowest BCUT2D eigenvalue weighted by molar-refractivity contribution is -0.0465. The summed E-state index contributed by atoms with van der Waals surface area (Å²) in [7, 11) is 0. The number of unbranched alkanes of at least 4 members (excludes halogenated alkanes) is 1. The van der Waals surface area contributed by atoms with Crippen LogP contribution in [0.3, 0.4) is 0 Å². The quantitative estimate of drug-likeness (QED) is 0.244. The topological polar surface area (TPSA) is 125 Å². The number of rotatable bonds is 9. The van der Waals surface area contributed by atoms with Gasteiger partial charge in [-0.05, 0) is 61.2 Å². The van der Waals surface area contributed by atoms with Crippen molar-refractivity contribution < 1.29 is 14.6 Å². The molecule has 1 heterocycles. The van der Waals surface area contributed by atoms with Gasteiger partial charge in [0.25, 0.3) is 5.56 Å². The summed E-state index contributed by atoms with van der Waals surface area (Å²) in [5, 5.41) is 26.0. The summed E-state index contributed by atoms with van der Waals surface area (Å²) in [5.74, 6) is -0.156. The predicted octanol–water partition coefficient (Wildman–Crippen LogP) is 2.24. The number of halogens is 1. The Morgan fingerprint density at radius 2 is 1.90 bits per heavy atom. The van der Waals surface area contributed by atoms with Crippen LogP contribution in [0.2, 0.25) is 0 Å². The van der Waals surface area contributed by atoms with Gasteiger partial charge in [-0.3, -0.25) is 9.36 Å². The van der Waals surface area contributed by atoms with Gasteiger partial charge in [-0.15, -0.1) is 0 Å². The number of aryl methyl sites for hydroxylation is 1. The molecule has 1 atom stereocenters. The third-order valence-corrected chi connectivity index (χ3v) is 5.04. The van der Waals surface area contributed by atoms with Crippen molar-refractivity contribution in [3.63, 3.8) is 0 Å². The van der Waals surface area contributed by atoms with Crippen LogP contribution in [0.4, 0.5) is 4.39 Å². The van der Waals surface area contributed by atoms with Gasteiger partial charge < -0.3 is 21.4 Å². The summed E-state index contributed by atoms with van der Waals surface area (Å²) in [6.07, 6.45) is 1.72. The summed E-state index contributed by atoms with van der Waals surface area (Å²) < 4.78 is 14.9. The van der Waals surface area contributed by atoms with Crippen molar-refractivity contribution in [3.05, 3.63) is 70.0 Å². The van der Waals surface area contributed by atoms with Crippen LogP contribution in [-0.2, 0) is 6.42 Å². The van der Waals surface area contributed by atoms with Gasteiger partial charge in [0.15, 0.2) is 6.29 Å². The molecule has 0 aliphatic carbocycles. The first-order valence-corrected chi connectivity index (χ1v) is 9.83. The number of aliphatic hydroxyl groups is 2. The van der Waals surface area contributed by atoms with Crippen molar-refractivity contribution in [2.24, 2.45) is 5.73 Å². The minimum Gasteiger partial charge on any atom is -0.368 e. The Kier molecular flexibility index (Phi) is 7.04. The van der Waals surface area contributed by atoms with Crippen molar-refractivity contribution in [2.75, 3.05) is 6.54 Å². The van der Waals surface area contributed by atoms with Crippen LogP contribution in [0, 0.1) is 11.2 Å². The Labute approximate surface area is 173 Å². The molecule has 3 rings (SSSR count). The van der Waals surface area contributed by atoms with E-state index in [-0.39, 0.29) is 24.4 Å². The van der Waals surface area contributed by atoms with Crippen LogP contribution in [0.15, 0.2) is 47.3 Å². The Hall–Kier alpha value is -2.94. The molecule has 158 valence electrons. The van der Waals surface area contributed by atoms with Gasteiger partial charge in [0.05, 0.1) is 16.6 Å². The lowest BCUT2D eigenvalue weighted by atomic mass is 9.99. The average Bonchev–Trinajstić information content (AvgIpc) is 2.73. The molecule has 3 aromatic rings. The number of aliphatic hydroxyl groups excluding tert-OH is 1. The summed E-state index contributed by atoms with van der Waals surface area (Å²) in [6, 6.07) is 10.9. The van der Waals surface area contributed by atoms with E-state index in [0.717, 1.165) is 5.56 Å². The van der Waals surface area contributed by atoms with E-state index < -0.39 is 12.1 Å². The monoisotopic (exact) mass is 412 g/mol. The summed E-state index contributed by atoms with van der Waals surface area (Å²) >= 11 is 0. The van der Waals surface area contributed by atoms with Crippen molar-refractivity contribution in [2.45, 2.75) is 37.9 Å². The zero-order chi connectivity index (χ0) is 21.7. The van der Waals surface area contributed by atoms with Crippen LogP contribution in [0.1, 0.15) is 36.6 Å². The Bertz CT molecular complexity index is 1080. The summed E-state index contributed by atoms with van der Waals surface area (Å²) in [5.41, 5.74) is 7.28. The molecule has 0 aliphatic rings. The number of nitrogens with two attached hydrogens (primary N) is 1. The van der Waals surface area contributed by atoms with E-state index in [4.69, 9.17) is 26.3 Å². The number of benzene rings is 2. The van der Waals surface area contributed by atoms with Gasteiger partial charge in [0, 0.05) is 25.1 Å². The minimum absolute atomic E-state index is 0.232. The maximum atomic E-state index is 13.4. The normalized spacial score (nSPS) is 12.4. The number of nitrogens with one attached hydrogen (secondary N) is 1. The molecule has 30 heavy (non-hydrogen) atoms. The van der Waals surface area contributed by atoms with E-state index in [0.29, 0.717) is 41.7 Å². The van der Waals surface area contributed by atoms with Crippen molar-refractivity contribution >= 4 is 17.1 Å². The Balaban J connectivity index is 2.11. The zero-order valence-corrected chi connectivity index (χ0v) is 16.5. The second kappa shape index (κ2) is 9.71. The van der Waals surface area contributed by atoms with Crippen molar-refractivity contribution in [1.29, 1.82) is 5.41 Å². The highest BCUT2D eigenvalue weighted by Crippen LogP contribution is 2.20. The van der Waals surface area contributed by atoms with E-state index in [1.54, 1.807) is 18.2 Å². The Morgan fingerprint density at radius 1 is 1.17 bits per heavy atom. The number of hydrogen-bond donors (Lipinski definition) is 4. The lowest BCUT2D eigenvalue weighted by Crippen LogP contribution is -2.24. The van der Waals surface area contributed by atoms with Gasteiger partial charge in [-0.25, -0.2) is 9.37 Å². The molecule has 0 saturated heterocycles. The van der Waals surface area contributed by atoms with Crippen molar-refractivity contribution in [3.8, 4) is 5.69 Å². The second-order valence-electron chi connectivity index (χ2n) is 7.16. The largest absolute Gasteiger partial charge is 0.368 e. The molecule has 8 heteroatoms. The fourth-order valence-electron chi connectivity index (χ4n) is 3.41. The standard InChI is InChI=1S/C22H25FN4O3/c23-16-6-8-17(9-7-16)27-20(3-1-2-4-21(28)29)26-19-11-14(15(12-24)13-25)5-10-18(19)22(27)30/h5-12,15,21,24,28-29H,1-4,13,25H2. The van der Waals surface area contributed by atoms with E-state index in [1.165, 1.54) is 35.0 Å². The summed E-state index contributed by atoms with van der Waals surface area (Å²) in [6.45, 7) is 0.276. The summed E-state index contributed by atoms with van der Waals surface area (Å²) in [4.78, 5) is 18.0. The third-order valence-electron chi connectivity index (χ3n) is 5.04. The highest BCUT2D eigenvalue weighted by Gasteiger charge is 2.15. The molecule has 0 spiro atoms. The van der Waals surface area contributed by atoms with Gasteiger partial charge in [-0.2, -0.15) is 0 Å². The third kappa shape index (κ3) is 4.79. The molecule has 0 bridgehead atoms. The number of fused-ring (bicyclic) bond motifs is 1. The van der Waals surface area contributed by atoms with Gasteiger partial charge in [0.1, 0.15) is 11.6 Å². The second-order valence-corrected chi connectivity index (χ2v) is 7.16. The fourth-order valence-corrected chi connectivity index (χ4v) is 3.41. The van der Waals surface area contributed by atoms with Crippen molar-refractivity contribution in [1.82, 2.24) is 9.55 Å². The predicted molar refractivity (Wildman–Crippen MR) is 114 cm³/mol. The van der Waals surface area contributed by atoms with Crippen LogP contribution < -0.4 is 11.3 Å². The number of aromatic nitrogens is 2. The molecule has 7 nitrogen and oxygen atoms in total. The van der Waals surface area contributed by atoms with Crippen LogP contribution in [-0.4, -0.2) is 38.8 Å². The average molecular weight is 412 g/mol. The minimum atomic E-state index is -1.37. The maximum Gasteiger partial charge on any atom is 0.265 e. The smallest absolute Gasteiger partial charge is 0.265 e. The first kappa shape index (κ1) is 21.8. The molecular weight excluding hydrogens is 387 g/mol. The lowest BCUT2D eigenvalue weighted by Gasteiger charge is -2.15. The molecule has 2 aromatic carbocycles. The molecule has 0 aliphatic heterocycles. The maximum absolute atomic E-state index is 13.4. The van der Waals surface area contributed by atoms with Gasteiger partial charge in [0.2, 0.25) is 0 Å². The Morgan fingerprint density at radius 3 is 2.53 bits per heavy atom. The highest BCUT2D eigenvalue weighted by molar-refractivity contribution is 5.80. The van der Waals surface area contributed by atoms with Gasteiger partial charge >= 0.3 is 0 Å². The van der Waals surface area contributed by atoms with Crippen LogP contribution >= 0.6 is 0 Å². The highest BCUT2D eigenvalue weighted by atomic mass is 19.1. The molecular formula is C22H25FN4O3. The van der Waals surface area contributed by atoms with Crippen LogP contribution in [0.25, 0.3) is 16.6 Å². The molecule has 0 saturated carbocycles. The number of hydrogen-bond acceptors (Lipinski definition) is 6. The van der Waals surface area contributed by atoms with Gasteiger partial charge in [-0.1, -0.05) is 6.07 Å². The first-order valence-electron chi connectivity index (χ1n) is 9.83. The fraction of sp³-hybridized carbons (Fsp3) is 0.318. The molecule has 1 aromatic heterocycles. The molecule has 0 amide bonds. The van der Waals surface area contributed by atoms with E-state index in [2.05, 4.69) is 0 Å². The number of nitrogens with zero attached hydrogens (tertiary/aromatic N) is 2. The zero-order valence-electron chi connectivity index (χ0n) is 16.5. The molecule has 1 unspecified atom stereocenters. The SMILES string of the molecule is N=CC(CN)c1ccc2c(=O)n(-c3ccc(F)cc3)c(CCCCC(O)O)nc2c1. The molecule has 5 N–H and O–H groups in total. The first-order chi connectivity index (χ1) is 14.4. The van der Waals surface area contributed by atoms with E-state index in [1.807, 2.05) is 0 Å². The van der Waals surface area contributed by atoms with E-state index in [9.17, 15) is 9.18 Å². The molecule has 0 fully saturated rings. The van der Waals surface area contributed by atoms with Crippen LogP contribution in [0.5, 0.6) is 0 Å². The van der Waals surface area contributed by atoms with E-state index >= 15 is 0 Å². The molecule has 0 radical (unpaired) electrons.